The van der Waals surface area contributed by atoms with Crippen LogP contribution in [-0.4, -0.2) is 41.2 Å². The van der Waals surface area contributed by atoms with Crippen LogP contribution in [0.4, 0.5) is 4.79 Å². The summed E-state index contributed by atoms with van der Waals surface area (Å²) >= 11 is 0. The molecule has 1 heterocycles. The van der Waals surface area contributed by atoms with Gasteiger partial charge in [0.25, 0.3) is 0 Å². The number of piperidine rings is 1. The molecule has 1 atom stereocenters. The Morgan fingerprint density at radius 1 is 1.31 bits per heavy atom. The van der Waals surface area contributed by atoms with Crippen molar-refractivity contribution in [2.45, 2.75) is 38.6 Å². The molecule has 1 rings (SSSR count). The van der Waals surface area contributed by atoms with E-state index in [1.807, 2.05) is 5.01 Å². The van der Waals surface area contributed by atoms with Gasteiger partial charge in [-0.3, -0.25) is 5.43 Å². The second kappa shape index (κ2) is 6.32. The first-order chi connectivity index (χ1) is 7.63. The minimum Gasteiger partial charge on any atom is -0.480 e. The summed E-state index contributed by atoms with van der Waals surface area (Å²) in [6.07, 6.45) is 3.70. The van der Waals surface area contributed by atoms with Crippen LogP contribution in [0.15, 0.2) is 0 Å². The standard InChI is InChI=1S/C10H19N3O3/c1-2-8(9(14)15)11-10(16)12-13-6-4-3-5-7-13/h8H,2-7H2,1H3,(H,14,15)(H2,11,12,16). The number of carbonyl (C=O) groups is 2. The Kier molecular flexibility index (Phi) is 5.04. The van der Waals surface area contributed by atoms with Crippen LogP contribution in [0.25, 0.3) is 0 Å². The third-order valence-electron chi connectivity index (χ3n) is 2.63. The molecule has 6 heteroatoms. The van der Waals surface area contributed by atoms with Crippen molar-refractivity contribution in [1.29, 1.82) is 0 Å². The molecule has 0 aliphatic carbocycles. The van der Waals surface area contributed by atoms with Crippen LogP contribution in [0, 0.1) is 0 Å². The van der Waals surface area contributed by atoms with Gasteiger partial charge in [0.15, 0.2) is 0 Å². The molecule has 0 radical (unpaired) electrons. The normalized spacial score (nSPS) is 18.8. The van der Waals surface area contributed by atoms with Crippen LogP contribution in [0.1, 0.15) is 32.6 Å². The third-order valence-corrected chi connectivity index (χ3v) is 2.63. The largest absolute Gasteiger partial charge is 0.480 e. The van der Waals surface area contributed by atoms with Gasteiger partial charge in [-0.25, -0.2) is 14.6 Å². The number of hydrogen-bond acceptors (Lipinski definition) is 3. The minimum absolute atomic E-state index is 0.378. The van der Waals surface area contributed by atoms with Gasteiger partial charge in [-0.15, -0.1) is 0 Å². The highest BCUT2D eigenvalue weighted by atomic mass is 16.4. The zero-order chi connectivity index (χ0) is 12.0. The van der Waals surface area contributed by atoms with E-state index >= 15 is 0 Å². The Morgan fingerprint density at radius 3 is 2.44 bits per heavy atom. The highest BCUT2D eigenvalue weighted by Gasteiger charge is 2.19. The number of hydrogen-bond donors (Lipinski definition) is 3. The summed E-state index contributed by atoms with van der Waals surface area (Å²) in [5.74, 6) is -1.00. The fourth-order valence-electron chi connectivity index (χ4n) is 1.68. The molecule has 0 spiro atoms. The maximum atomic E-state index is 11.5. The fraction of sp³-hybridized carbons (Fsp3) is 0.800. The number of hydrazine groups is 1. The summed E-state index contributed by atoms with van der Waals surface area (Å²) in [5.41, 5.74) is 2.66. The summed E-state index contributed by atoms with van der Waals surface area (Å²) in [7, 11) is 0. The van der Waals surface area contributed by atoms with Crippen molar-refractivity contribution in [1.82, 2.24) is 15.8 Å². The molecule has 0 aromatic rings. The molecular weight excluding hydrogens is 210 g/mol. The molecule has 2 amide bonds. The first kappa shape index (κ1) is 12.8. The number of carboxylic acid groups (broad SMARTS) is 1. The smallest absolute Gasteiger partial charge is 0.330 e. The SMILES string of the molecule is CCC(NC(=O)NN1CCCCC1)C(=O)O. The molecular formula is C10H19N3O3. The summed E-state index contributed by atoms with van der Waals surface area (Å²) in [6, 6.07) is -1.25. The van der Waals surface area contributed by atoms with Crippen LogP contribution in [0.3, 0.4) is 0 Å². The van der Waals surface area contributed by atoms with Crippen LogP contribution in [0.5, 0.6) is 0 Å². The van der Waals surface area contributed by atoms with Crippen molar-refractivity contribution in [2.24, 2.45) is 0 Å². The van der Waals surface area contributed by atoms with E-state index in [0.29, 0.717) is 6.42 Å². The molecule has 0 saturated carbocycles. The number of rotatable bonds is 4. The van der Waals surface area contributed by atoms with E-state index in [4.69, 9.17) is 5.11 Å². The van der Waals surface area contributed by atoms with Gasteiger partial charge in [0, 0.05) is 13.1 Å². The second-order valence-corrected chi connectivity index (χ2v) is 3.93. The lowest BCUT2D eigenvalue weighted by Crippen LogP contribution is -2.53. The summed E-state index contributed by atoms with van der Waals surface area (Å²) in [4.78, 5) is 22.2. The predicted molar refractivity (Wildman–Crippen MR) is 58.8 cm³/mol. The highest BCUT2D eigenvalue weighted by Crippen LogP contribution is 2.05. The van der Waals surface area contributed by atoms with Crippen LogP contribution < -0.4 is 10.7 Å². The van der Waals surface area contributed by atoms with Crippen molar-refractivity contribution in [3.8, 4) is 0 Å². The van der Waals surface area contributed by atoms with Crippen molar-refractivity contribution < 1.29 is 14.7 Å². The zero-order valence-electron chi connectivity index (χ0n) is 9.53. The maximum absolute atomic E-state index is 11.5. The van der Waals surface area contributed by atoms with Gasteiger partial charge < -0.3 is 10.4 Å². The number of nitrogens with one attached hydrogen (secondary N) is 2. The number of amides is 2. The van der Waals surface area contributed by atoms with Crippen LogP contribution in [0.2, 0.25) is 0 Å². The first-order valence-corrected chi connectivity index (χ1v) is 5.68. The Balaban J connectivity index is 2.31. The molecule has 1 fully saturated rings. The van der Waals surface area contributed by atoms with E-state index < -0.39 is 18.0 Å². The average Bonchev–Trinajstić information content (AvgIpc) is 2.27. The first-order valence-electron chi connectivity index (χ1n) is 5.68. The number of nitrogens with zero attached hydrogens (tertiary/aromatic N) is 1. The van der Waals surface area contributed by atoms with E-state index in [2.05, 4.69) is 10.7 Å². The van der Waals surface area contributed by atoms with Crippen molar-refractivity contribution >= 4 is 12.0 Å². The molecule has 0 aromatic heterocycles. The van der Waals surface area contributed by atoms with Gasteiger partial charge in [-0.1, -0.05) is 13.3 Å². The number of carbonyl (C=O) groups excluding carboxylic acids is 1. The Labute approximate surface area is 95.0 Å². The van der Waals surface area contributed by atoms with Gasteiger partial charge in [-0.2, -0.15) is 0 Å². The highest BCUT2D eigenvalue weighted by molar-refractivity contribution is 5.82. The number of carboxylic acids is 1. The second-order valence-electron chi connectivity index (χ2n) is 3.93. The van der Waals surface area contributed by atoms with Crippen molar-refractivity contribution in [3.05, 3.63) is 0 Å². The number of urea groups is 1. The van der Waals surface area contributed by atoms with E-state index in [1.165, 1.54) is 6.42 Å². The van der Waals surface area contributed by atoms with Crippen LogP contribution >= 0.6 is 0 Å². The lowest BCUT2D eigenvalue weighted by molar-refractivity contribution is -0.139. The predicted octanol–water partition coefficient (Wildman–Crippen LogP) is 0.550. The van der Waals surface area contributed by atoms with Crippen molar-refractivity contribution in [3.63, 3.8) is 0 Å². The molecule has 16 heavy (non-hydrogen) atoms. The quantitative estimate of drug-likeness (QED) is 0.657. The van der Waals surface area contributed by atoms with Crippen LogP contribution in [-0.2, 0) is 4.79 Å². The van der Waals surface area contributed by atoms with E-state index in [-0.39, 0.29) is 0 Å². The minimum atomic E-state index is -1.00. The monoisotopic (exact) mass is 229 g/mol. The molecule has 1 unspecified atom stereocenters. The summed E-state index contributed by atoms with van der Waals surface area (Å²) in [5, 5.41) is 13.0. The molecule has 1 aliphatic rings. The van der Waals surface area contributed by atoms with Gasteiger partial charge in [0.1, 0.15) is 6.04 Å². The average molecular weight is 229 g/mol. The third kappa shape index (κ3) is 4.06. The lowest BCUT2D eigenvalue weighted by atomic mass is 10.2. The maximum Gasteiger partial charge on any atom is 0.330 e. The summed E-state index contributed by atoms with van der Waals surface area (Å²) < 4.78 is 0. The van der Waals surface area contributed by atoms with E-state index in [9.17, 15) is 9.59 Å². The topological polar surface area (TPSA) is 81.7 Å². The van der Waals surface area contributed by atoms with Crippen molar-refractivity contribution in [2.75, 3.05) is 13.1 Å². The Bertz CT molecular complexity index is 252. The zero-order valence-corrected chi connectivity index (χ0v) is 9.53. The molecule has 6 nitrogen and oxygen atoms in total. The Morgan fingerprint density at radius 2 is 1.94 bits per heavy atom. The van der Waals surface area contributed by atoms with Gasteiger partial charge >= 0.3 is 12.0 Å². The lowest BCUT2D eigenvalue weighted by Gasteiger charge is -2.27. The molecule has 3 N–H and O–H groups in total. The van der Waals surface area contributed by atoms with Gasteiger partial charge in [0.05, 0.1) is 0 Å². The number of aliphatic carboxylic acids is 1. The molecule has 92 valence electrons. The van der Waals surface area contributed by atoms with E-state index in [0.717, 1.165) is 25.9 Å². The van der Waals surface area contributed by atoms with E-state index in [1.54, 1.807) is 6.92 Å². The van der Waals surface area contributed by atoms with Gasteiger partial charge in [-0.05, 0) is 19.3 Å². The molecule has 1 saturated heterocycles. The van der Waals surface area contributed by atoms with Gasteiger partial charge in [0.2, 0.25) is 0 Å². The fourth-order valence-corrected chi connectivity index (χ4v) is 1.68. The molecule has 1 aliphatic heterocycles. The Hall–Kier alpha value is -1.30. The summed E-state index contributed by atoms with van der Waals surface area (Å²) in [6.45, 7) is 3.38. The molecule has 0 aromatic carbocycles. The molecule has 0 bridgehead atoms.